The van der Waals surface area contributed by atoms with E-state index in [4.69, 9.17) is 4.74 Å². The first-order valence-electron chi connectivity index (χ1n) is 9.39. The lowest BCUT2D eigenvalue weighted by Gasteiger charge is -2.38. The Hall–Kier alpha value is -1.88. The lowest BCUT2D eigenvalue weighted by Crippen LogP contribution is -3.15. The highest BCUT2D eigenvalue weighted by atomic mass is 16.5. The van der Waals surface area contributed by atoms with Crippen molar-refractivity contribution in [2.75, 3.05) is 32.1 Å². The number of aryl methyl sites for hydroxylation is 1. The van der Waals surface area contributed by atoms with Crippen molar-refractivity contribution in [2.24, 2.45) is 11.8 Å². The zero-order valence-electron chi connectivity index (χ0n) is 15.3. The van der Waals surface area contributed by atoms with E-state index in [9.17, 15) is 9.59 Å². The molecule has 1 aliphatic heterocycles. The number of carbonyl (C=O) groups excluding carboxylic acids is 2. The Labute approximate surface area is 149 Å². The first-order valence-corrected chi connectivity index (χ1v) is 9.39. The summed E-state index contributed by atoms with van der Waals surface area (Å²) in [5.74, 6) is 1.32. The fourth-order valence-electron chi connectivity index (χ4n) is 4.38. The molecular formula is C20H29N2O3+. The number of piperidine rings is 1. The van der Waals surface area contributed by atoms with Crippen molar-refractivity contribution >= 4 is 17.6 Å². The second kappa shape index (κ2) is 8.00. The van der Waals surface area contributed by atoms with Crippen LogP contribution in [0.4, 0.5) is 5.69 Å². The standard InChI is InChI=1S/C20H28N2O3/c1-14-7-8-16(20(24)25-2)11-18(14)21-19(23)13-22-10-9-15-5-3-4-6-17(15)12-22/h7-8,11,15,17H,3-6,9-10,12-13H2,1-2H3,(H,21,23)/p+1/t15-,17+/m0/s1. The Morgan fingerprint density at radius 2 is 1.96 bits per heavy atom. The van der Waals surface area contributed by atoms with Gasteiger partial charge in [0.2, 0.25) is 0 Å². The molecule has 0 radical (unpaired) electrons. The molecule has 5 heteroatoms. The molecule has 2 aliphatic rings. The number of carbonyl (C=O) groups is 2. The Kier molecular flexibility index (Phi) is 5.74. The number of ether oxygens (including phenoxy) is 1. The third kappa shape index (κ3) is 4.40. The third-order valence-electron chi connectivity index (χ3n) is 5.83. The van der Waals surface area contributed by atoms with E-state index in [1.807, 2.05) is 13.0 Å². The summed E-state index contributed by atoms with van der Waals surface area (Å²) in [5, 5.41) is 2.98. The summed E-state index contributed by atoms with van der Waals surface area (Å²) < 4.78 is 4.75. The third-order valence-corrected chi connectivity index (χ3v) is 5.83. The highest BCUT2D eigenvalue weighted by Crippen LogP contribution is 2.32. The van der Waals surface area contributed by atoms with Crippen LogP contribution in [0, 0.1) is 18.8 Å². The molecule has 1 unspecified atom stereocenters. The van der Waals surface area contributed by atoms with Crippen LogP contribution in [0.1, 0.15) is 48.0 Å². The van der Waals surface area contributed by atoms with Gasteiger partial charge >= 0.3 is 5.97 Å². The maximum absolute atomic E-state index is 12.5. The zero-order valence-corrected chi connectivity index (χ0v) is 15.3. The summed E-state index contributed by atoms with van der Waals surface area (Å²) in [7, 11) is 1.36. The van der Waals surface area contributed by atoms with Gasteiger partial charge in [-0.2, -0.15) is 0 Å². The minimum absolute atomic E-state index is 0.0226. The maximum atomic E-state index is 12.5. The number of likely N-dealkylation sites (tertiary alicyclic amines) is 1. The van der Waals surface area contributed by atoms with Crippen molar-refractivity contribution < 1.29 is 19.2 Å². The van der Waals surface area contributed by atoms with Crippen LogP contribution < -0.4 is 10.2 Å². The molecule has 1 aromatic carbocycles. The molecule has 1 aromatic rings. The van der Waals surface area contributed by atoms with Gasteiger partial charge in [0.05, 0.1) is 25.8 Å². The molecule has 0 aromatic heterocycles. The molecule has 0 spiro atoms. The molecule has 136 valence electrons. The molecule has 1 saturated heterocycles. The number of hydrogen-bond donors (Lipinski definition) is 2. The summed E-state index contributed by atoms with van der Waals surface area (Å²) in [5.41, 5.74) is 2.10. The lowest BCUT2D eigenvalue weighted by molar-refractivity contribution is -0.902. The summed E-state index contributed by atoms with van der Waals surface area (Å²) in [6.45, 7) is 4.65. The van der Waals surface area contributed by atoms with E-state index in [0.29, 0.717) is 17.8 Å². The van der Waals surface area contributed by atoms with E-state index in [0.717, 1.165) is 30.5 Å². The predicted octanol–water partition coefficient (Wildman–Crippen LogP) is 1.82. The van der Waals surface area contributed by atoms with Crippen LogP contribution in [0.2, 0.25) is 0 Å². The van der Waals surface area contributed by atoms with E-state index in [-0.39, 0.29) is 11.9 Å². The zero-order chi connectivity index (χ0) is 17.8. The highest BCUT2D eigenvalue weighted by molar-refractivity contribution is 5.95. The van der Waals surface area contributed by atoms with Gasteiger partial charge in [-0.1, -0.05) is 18.9 Å². The van der Waals surface area contributed by atoms with Gasteiger partial charge in [0, 0.05) is 11.6 Å². The first kappa shape index (κ1) is 17.9. The van der Waals surface area contributed by atoms with E-state index in [1.54, 1.807) is 12.1 Å². The van der Waals surface area contributed by atoms with Gasteiger partial charge in [0.1, 0.15) is 0 Å². The largest absolute Gasteiger partial charge is 0.465 e. The van der Waals surface area contributed by atoms with Crippen LogP contribution >= 0.6 is 0 Å². The van der Waals surface area contributed by atoms with Crippen LogP contribution in [0.3, 0.4) is 0 Å². The van der Waals surface area contributed by atoms with Gasteiger partial charge < -0.3 is 15.0 Å². The minimum Gasteiger partial charge on any atom is -0.465 e. The van der Waals surface area contributed by atoms with Crippen molar-refractivity contribution in [3.8, 4) is 0 Å². The number of esters is 1. The van der Waals surface area contributed by atoms with Crippen LogP contribution in [-0.4, -0.2) is 38.6 Å². The van der Waals surface area contributed by atoms with Crippen LogP contribution in [0.25, 0.3) is 0 Å². The number of methoxy groups -OCH3 is 1. The predicted molar refractivity (Wildman–Crippen MR) is 96.8 cm³/mol. The van der Waals surface area contributed by atoms with Crippen molar-refractivity contribution in [1.82, 2.24) is 0 Å². The van der Waals surface area contributed by atoms with Crippen molar-refractivity contribution in [3.63, 3.8) is 0 Å². The summed E-state index contributed by atoms with van der Waals surface area (Å²) in [6.07, 6.45) is 6.69. The number of quaternary nitrogens is 1. The smallest absolute Gasteiger partial charge is 0.337 e. The highest BCUT2D eigenvalue weighted by Gasteiger charge is 2.34. The molecule has 5 nitrogen and oxygen atoms in total. The normalized spacial score (nSPS) is 25.8. The van der Waals surface area contributed by atoms with E-state index in [1.165, 1.54) is 44.1 Å². The fourth-order valence-corrected chi connectivity index (χ4v) is 4.38. The molecule has 1 saturated carbocycles. The number of hydrogen-bond acceptors (Lipinski definition) is 3. The second-order valence-corrected chi connectivity index (χ2v) is 7.54. The van der Waals surface area contributed by atoms with Gasteiger partial charge in [-0.05, 0) is 49.8 Å². The molecule has 2 N–H and O–H groups in total. The number of fused-ring (bicyclic) bond motifs is 1. The average Bonchev–Trinajstić information content (AvgIpc) is 2.62. The Balaban J connectivity index is 1.58. The maximum Gasteiger partial charge on any atom is 0.337 e. The quantitative estimate of drug-likeness (QED) is 0.819. The van der Waals surface area contributed by atoms with Gasteiger partial charge in [0.15, 0.2) is 6.54 Å². The molecule has 1 heterocycles. The van der Waals surface area contributed by atoms with Crippen molar-refractivity contribution in [2.45, 2.75) is 39.0 Å². The Bertz CT molecular complexity index is 644. The lowest BCUT2D eigenvalue weighted by atomic mass is 9.75. The molecule has 25 heavy (non-hydrogen) atoms. The van der Waals surface area contributed by atoms with E-state index in [2.05, 4.69) is 5.32 Å². The second-order valence-electron chi connectivity index (χ2n) is 7.54. The molecular weight excluding hydrogens is 316 g/mol. The van der Waals surface area contributed by atoms with Crippen LogP contribution in [0.5, 0.6) is 0 Å². The minimum atomic E-state index is -0.388. The molecule has 1 amide bonds. The number of nitrogens with one attached hydrogen (secondary N) is 2. The molecule has 0 bridgehead atoms. The Morgan fingerprint density at radius 1 is 1.20 bits per heavy atom. The van der Waals surface area contributed by atoms with Gasteiger partial charge in [-0.15, -0.1) is 0 Å². The van der Waals surface area contributed by atoms with Crippen LogP contribution in [-0.2, 0) is 9.53 Å². The Morgan fingerprint density at radius 3 is 2.72 bits per heavy atom. The monoisotopic (exact) mass is 345 g/mol. The van der Waals surface area contributed by atoms with E-state index < -0.39 is 0 Å². The topological polar surface area (TPSA) is 59.8 Å². The number of anilines is 1. The SMILES string of the molecule is COC(=O)c1ccc(C)c(NC(=O)C[NH+]2CC[C@@H]3CCCC[C@@H]3C2)c1. The fraction of sp³-hybridized carbons (Fsp3) is 0.600. The number of amides is 1. The first-order chi connectivity index (χ1) is 12.1. The molecule has 3 atom stereocenters. The van der Waals surface area contributed by atoms with Crippen LogP contribution in [0.15, 0.2) is 18.2 Å². The average molecular weight is 345 g/mol. The summed E-state index contributed by atoms with van der Waals surface area (Å²) in [6, 6.07) is 5.25. The van der Waals surface area contributed by atoms with Gasteiger partial charge in [-0.25, -0.2) is 4.79 Å². The summed E-state index contributed by atoms with van der Waals surface area (Å²) >= 11 is 0. The van der Waals surface area contributed by atoms with Gasteiger partial charge in [0.25, 0.3) is 5.91 Å². The van der Waals surface area contributed by atoms with Crippen molar-refractivity contribution in [1.29, 1.82) is 0 Å². The molecule has 3 rings (SSSR count). The van der Waals surface area contributed by atoms with Gasteiger partial charge in [-0.3, -0.25) is 4.79 Å². The number of benzene rings is 1. The van der Waals surface area contributed by atoms with E-state index >= 15 is 0 Å². The van der Waals surface area contributed by atoms with Crippen molar-refractivity contribution in [3.05, 3.63) is 29.3 Å². The molecule has 2 fully saturated rings. The molecule has 1 aliphatic carbocycles. The summed E-state index contributed by atoms with van der Waals surface area (Å²) in [4.78, 5) is 25.6. The number of rotatable bonds is 4.